The maximum atomic E-state index is 13.9. The van der Waals surface area contributed by atoms with Gasteiger partial charge in [-0.25, -0.2) is 0 Å². The third-order valence-electron chi connectivity index (χ3n) is 6.63. The Morgan fingerprint density at radius 1 is 0.721 bits per heavy atom. The average Bonchev–Trinajstić information content (AvgIpc) is 2.95. The first-order chi connectivity index (χ1) is 19.6. The molecule has 3 aromatic carbocycles. The molecule has 9 nitrogen and oxygen atoms in total. The number of carbonyl (C=O) groups excluding carboxylic acids is 4. The summed E-state index contributed by atoms with van der Waals surface area (Å²) in [5.74, 6) is -3.97. The molecule has 0 aliphatic rings. The van der Waals surface area contributed by atoms with E-state index < -0.39 is 36.0 Å². The van der Waals surface area contributed by atoms with E-state index in [1.165, 1.54) is 6.92 Å². The molecule has 2 N–H and O–H groups in total. The van der Waals surface area contributed by atoms with Crippen molar-refractivity contribution in [2.75, 3.05) is 10.2 Å². The quantitative estimate of drug-likeness (QED) is 0.190. The van der Waals surface area contributed by atoms with Gasteiger partial charge in [-0.05, 0) is 61.1 Å². The van der Waals surface area contributed by atoms with E-state index in [9.17, 15) is 29.4 Å². The molecule has 3 aromatic rings. The second-order valence-corrected chi connectivity index (χ2v) is 10.3. The fraction of sp³-hybridized carbons (Fsp3) is 0.312. The Morgan fingerprint density at radius 3 is 1.77 bits per heavy atom. The predicted molar refractivity (Wildman–Crippen MR) is 153 cm³/mol. The average molecular weight is 572 g/mol. The molecular weight excluding hydrogens is 536 g/mol. The number of rotatable bonds is 14. The molecule has 0 aliphatic heterocycles. The summed E-state index contributed by atoms with van der Waals surface area (Å²) in [6.45, 7) is 5.07. The van der Waals surface area contributed by atoms with Gasteiger partial charge in [0.15, 0.2) is 0 Å². The maximum absolute atomic E-state index is 13.9. The zero-order valence-electron chi connectivity index (χ0n) is 25.4. The van der Waals surface area contributed by atoms with E-state index in [1.54, 1.807) is 54.6 Å². The molecule has 0 heterocycles. The predicted octanol–water partition coefficient (Wildman–Crippen LogP) is -3.63. The summed E-state index contributed by atoms with van der Waals surface area (Å²) in [4.78, 5) is 51.4. The molecule has 0 bridgehead atoms. The second-order valence-electron chi connectivity index (χ2n) is 10.3. The number of aliphatic carboxylic acids is 2. The summed E-state index contributed by atoms with van der Waals surface area (Å²) in [6.07, 6.45) is -0.0505. The van der Waals surface area contributed by atoms with E-state index in [-0.39, 0.29) is 68.8 Å². The molecule has 11 heteroatoms. The Balaban J connectivity index is 0.00000462. The van der Waals surface area contributed by atoms with Crippen LogP contribution in [0.3, 0.4) is 0 Å². The van der Waals surface area contributed by atoms with E-state index in [4.69, 9.17) is 0 Å². The van der Waals surface area contributed by atoms with Crippen LogP contribution in [0.15, 0.2) is 84.9 Å². The summed E-state index contributed by atoms with van der Waals surface area (Å²) >= 11 is 0. The normalized spacial score (nSPS) is 12.6. The van der Waals surface area contributed by atoms with E-state index >= 15 is 0 Å². The summed E-state index contributed by atoms with van der Waals surface area (Å²) in [5, 5.41) is 29.5. The minimum Gasteiger partial charge on any atom is -0.548 e. The van der Waals surface area contributed by atoms with Gasteiger partial charge in [0.1, 0.15) is 0 Å². The molecule has 43 heavy (non-hydrogen) atoms. The minimum absolute atomic E-state index is 0. The van der Waals surface area contributed by atoms with E-state index in [2.05, 4.69) is 10.6 Å². The molecule has 0 spiro atoms. The van der Waals surface area contributed by atoms with Crippen LogP contribution in [-0.4, -0.2) is 41.9 Å². The Morgan fingerprint density at radius 2 is 1.26 bits per heavy atom. The third-order valence-corrected chi connectivity index (χ3v) is 6.63. The number of carbonyl (C=O) groups is 4. The molecule has 0 radical (unpaired) electrons. The Kier molecular flexibility index (Phi) is 16.1. The van der Waals surface area contributed by atoms with Crippen LogP contribution < -0.4 is 63.5 Å². The van der Waals surface area contributed by atoms with Crippen molar-refractivity contribution in [3.63, 3.8) is 0 Å². The molecule has 0 unspecified atom stereocenters. The van der Waals surface area contributed by atoms with Gasteiger partial charge in [-0.3, -0.25) is 14.9 Å². The first-order valence-electron chi connectivity index (χ1n) is 13.6. The largest absolute Gasteiger partial charge is 1.00 e. The van der Waals surface area contributed by atoms with Crippen molar-refractivity contribution in [3.8, 4) is 11.1 Å². The minimum atomic E-state index is -1.47. The Labute approximate surface area is 276 Å². The number of amides is 2. The molecule has 3 rings (SSSR count). The molecule has 0 aliphatic carbocycles. The van der Waals surface area contributed by atoms with Gasteiger partial charge < -0.3 is 30.0 Å². The third kappa shape index (κ3) is 11.4. The molecule has 0 fully saturated rings. The SMILES string of the molecule is CC(C)C[C@H](N[C@H](CCC(=O)Nc1ccccc1)C(=O)[O-])C(=O)N(c1ccc(-c2ccccc2)cc1)[C@@H](C)C(=O)[O-].[Li+].[Li+]. The fourth-order valence-electron chi connectivity index (χ4n) is 4.50. The van der Waals surface area contributed by atoms with Gasteiger partial charge in [0.05, 0.1) is 24.0 Å². The van der Waals surface area contributed by atoms with Crippen molar-refractivity contribution in [2.45, 2.75) is 58.2 Å². The Hall–Kier alpha value is -3.31. The van der Waals surface area contributed by atoms with Crippen molar-refractivity contribution in [2.24, 2.45) is 5.92 Å². The van der Waals surface area contributed by atoms with E-state index in [0.29, 0.717) is 11.4 Å². The smallest absolute Gasteiger partial charge is 0.548 e. The van der Waals surface area contributed by atoms with Gasteiger partial charge in [0.2, 0.25) is 11.8 Å². The van der Waals surface area contributed by atoms with Gasteiger partial charge >= 0.3 is 37.7 Å². The van der Waals surface area contributed by atoms with Gasteiger partial charge in [0.25, 0.3) is 0 Å². The molecular formula is C32H35Li2N3O6. The van der Waals surface area contributed by atoms with Gasteiger partial charge in [0, 0.05) is 23.8 Å². The van der Waals surface area contributed by atoms with E-state index in [1.807, 2.05) is 44.2 Å². The molecule has 0 saturated heterocycles. The number of hydrogen-bond donors (Lipinski definition) is 2. The van der Waals surface area contributed by atoms with Gasteiger partial charge in [-0.2, -0.15) is 0 Å². The summed E-state index contributed by atoms with van der Waals surface area (Å²) in [5.41, 5.74) is 2.74. The Bertz CT molecular complexity index is 1320. The van der Waals surface area contributed by atoms with Crippen LogP contribution in [0.1, 0.15) is 40.0 Å². The van der Waals surface area contributed by atoms with Crippen LogP contribution in [0.25, 0.3) is 11.1 Å². The molecule has 3 atom stereocenters. The number of hydrogen-bond acceptors (Lipinski definition) is 7. The summed E-state index contributed by atoms with van der Waals surface area (Å²) in [6, 6.07) is 21.5. The van der Waals surface area contributed by atoms with Crippen LogP contribution in [0.2, 0.25) is 0 Å². The number of carboxylic acids is 2. The van der Waals surface area contributed by atoms with Crippen molar-refractivity contribution in [1.29, 1.82) is 0 Å². The van der Waals surface area contributed by atoms with Crippen LogP contribution in [0.4, 0.5) is 11.4 Å². The molecule has 216 valence electrons. The van der Waals surface area contributed by atoms with Gasteiger partial charge in [-0.1, -0.05) is 74.5 Å². The van der Waals surface area contributed by atoms with Crippen LogP contribution in [0.5, 0.6) is 0 Å². The second kappa shape index (κ2) is 18.4. The van der Waals surface area contributed by atoms with E-state index in [0.717, 1.165) is 16.0 Å². The number of nitrogens with zero attached hydrogens (tertiary/aromatic N) is 1. The van der Waals surface area contributed by atoms with Crippen LogP contribution in [-0.2, 0) is 19.2 Å². The number of para-hydroxylation sites is 1. The summed E-state index contributed by atoms with van der Waals surface area (Å²) in [7, 11) is 0. The number of benzene rings is 3. The standard InChI is InChI=1S/C32H37N3O6.2Li/c1-21(2)20-28(34-27(32(40)41)18-19-29(36)33-25-12-8-5-9-13-25)30(37)35(22(3)31(38)39)26-16-14-24(15-17-26)23-10-6-4-7-11-23;;/h4-17,21-22,27-28,34H,18-20H2,1-3H3,(H,33,36)(H,38,39)(H,40,41);;/q;2*+1/p-2/t22-,27+,28-;;/m0../s1. The molecule has 2 amide bonds. The van der Waals surface area contributed by atoms with Crippen LogP contribution in [0, 0.1) is 5.92 Å². The number of anilines is 2. The van der Waals surface area contributed by atoms with Crippen molar-refractivity contribution < 1.29 is 67.1 Å². The van der Waals surface area contributed by atoms with Crippen molar-refractivity contribution in [3.05, 3.63) is 84.9 Å². The fourth-order valence-corrected chi connectivity index (χ4v) is 4.50. The number of carboxylic acid groups (broad SMARTS) is 2. The zero-order valence-corrected chi connectivity index (χ0v) is 25.4. The number of nitrogens with one attached hydrogen (secondary N) is 2. The molecule has 0 saturated carbocycles. The first-order valence-corrected chi connectivity index (χ1v) is 13.6. The van der Waals surface area contributed by atoms with Crippen molar-refractivity contribution in [1.82, 2.24) is 5.32 Å². The maximum Gasteiger partial charge on any atom is 1.00 e. The topological polar surface area (TPSA) is 142 Å². The van der Waals surface area contributed by atoms with Crippen molar-refractivity contribution >= 4 is 35.1 Å². The summed E-state index contributed by atoms with van der Waals surface area (Å²) < 4.78 is 0. The van der Waals surface area contributed by atoms with Crippen LogP contribution >= 0.6 is 0 Å². The van der Waals surface area contributed by atoms with Gasteiger partial charge in [-0.15, -0.1) is 0 Å². The monoisotopic (exact) mass is 571 g/mol. The zero-order chi connectivity index (χ0) is 29.9. The first kappa shape index (κ1) is 37.7. The molecule has 0 aromatic heterocycles.